The zero-order valence-corrected chi connectivity index (χ0v) is 11.9. The minimum absolute atomic E-state index is 0.0219. The molecule has 7 heteroatoms. The summed E-state index contributed by atoms with van der Waals surface area (Å²) in [6.07, 6.45) is 1.82. The number of benzene rings is 1. The molecular formula is C14H17N5O2. The molecule has 4 N–H and O–H groups in total. The van der Waals surface area contributed by atoms with Crippen LogP contribution in [0.15, 0.2) is 18.3 Å². The molecular weight excluding hydrogens is 270 g/mol. The largest absolute Gasteiger partial charge is 0.482 e. The number of aryl methyl sites for hydroxylation is 1. The molecule has 2 heterocycles. The van der Waals surface area contributed by atoms with Crippen molar-refractivity contribution in [2.45, 2.75) is 13.5 Å². The first kappa shape index (κ1) is 13.3. The van der Waals surface area contributed by atoms with E-state index >= 15 is 0 Å². The molecule has 110 valence electrons. The molecule has 1 aromatic carbocycles. The van der Waals surface area contributed by atoms with E-state index in [9.17, 15) is 4.79 Å². The number of nitrogens with one attached hydrogen (secondary N) is 2. The Morgan fingerprint density at radius 1 is 1.52 bits per heavy atom. The van der Waals surface area contributed by atoms with Crippen molar-refractivity contribution in [2.75, 3.05) is 23.0 Å². The smallest absolute Gasteiger partial charge is 0.262 e. The van der Waals surface area contributed by atoms with Crippen LogP contribution in [-0.2, 0) is 18.4 Å². The molecule has 1 amide bonds. The van der Waals surface area contributed by atoms with Crippen molar-refractivity contribution in [1.82, 2.24) is 9.78 Å². The summed E-state index contributed by atoms with van der Waals surface area (Å²) in [6.45, 7) is 2.64. The Morgan fingerprint density at radius 3 is 3.05 bits per heavy atom. The zero-order valence-electron chi connectivity index (χ0n) is 11.9. The highest BCUT2D eigenvalue weighted by Gasteiger charge is 2.18. The summed E-state index contributed by atoms with van der Waals surface area (Å²) in [5.41, 5.74) is 10.2. The lowest BCUT2D eigenvalue weighted by molar-refractivity contribution is -0.118. The van der Waals surface area contributed by atoms with Crippen molar-refractivity contribution in [3.63, 3.8) is 0 Å². The Kier molecular flexibility index (Phi) is 3.17. The van der Waals surface area contributed by atoms with Gasteiger partial charge in [0.1, 0.15) is 5.75 Å². The fourth-order valence-electron chi connectivity index (χ4n) is 2.20. The highest BCUT2D eigenvalue weighted by molar-refractivity contribution is 5.97. The standard InChI is InChI=1S/C14H17N5O2/c1-8-9(6-17-19(8)2)5-16-11-4-12-13(3-10(11)15)21-7-14(20)18-12/h3-4,6,16H,5,7,15H2,1-2H3,(H,18,20). The molecule has 0 saturated heterocycles. The number of aromatic nitrogens is 2. The summed E-state index contributed by atoms with van der Waals surface area (Å²) in [4.78, 5) is 11.3. The number of nitrogen functional groups attached to an aromatic ring is 1. The summed E-state index contributed by atoms with van der Waals surface area (Å²) >= 11 is 0. The van der Waals surface area contributed by atoms with Crippen LogP contribution in [0.1, 0.15) is 11.3 Å². The monoisotopic (exact) mass is 287 g/mol. The second-order valence-electron chi connectivity index (χ2n) is 5.00. The van der Waals surface area contributed by atoms with Crippen LogP contribution in [0, 0.1) is 6.92 Å². The first-order chi connectivity index (χ1) is 10.0. The summed E-state index contributed by atoms with van der Waals surface area (Å²) < 4.78 is 7.14. The molecule has 1 aliphatic heterocycles. The second-order valence-corrected chi connectivity index (χ2v) is 5.00. The van der Waals surface area contributed by atoms with Gasteiger partial charge in [-0.1, -0.05) is 0 Å². The van der Waals surface area contributed by atoms with Crippen LogP contribution in [0.2, 0.25) is 0 Å². The van der Waals surface area contributed by atoms with Crippen molar-refractivity contribution in [3.05, 3.63) is 29.6 Å². The molecule has 0 saturated carbocycles. The van der Waals surface area contributed by atoms with Gasteiger partial charge in [-0.3, -0.25) is 9.48 Å². The summed E-state index contributed by atoms with van der Waals surface area (Å²) in [6, 6.07) is 3.50. The Balaban J connectivity index is 1.81. The van der Waals surface area contributed by atoms with Crippen LogP contribution in [-0.4, -0.2) is 22.3 Å². The first-order valence-corrected chi connectivity index (χ1v) is 6.62. The number of carbonyl (C=O) groups is 1. The minimum Gasteiger partial charge on any atom is -0.482 e. The van der Waals surface area contributed by atoms with Gasteiger partial charge in [0.25, 0.3) is 5.91 Å². The molecule has 3 rings (SSSR count). The number of amides is 1. The van der Waals surface area contributed by atoms with Crippen LogP contribution in [0.4, 0.5) is 17.1 Å². The van der Waals surface area contributed by atoms with E-state index in [4.69, 9.17) is 10.5 Å². The third kappa shape index (κ3) is 2.49. The lowest BCUT2D eigenvalue weighted by Gasteiger charge is -2.20. The maximum Gasteiger partial charge on any atom is 0.262 e. The van der Waals surface area contributed by atoms with Gasteiger partial charge in [0.2, 0.25) is 0 Å². The number of rotatable bonds is 3. The highest BCUT2D eigenvalue weighted by atomic mass is 16.5. The summed E-state index contributed by atoms with van der Waals surface area (Å²) in [5.74, 6) is 0.427. The lowest BCUT2D eigenvalue weighted by Crippen LogP contribution is -2.25. The van der Waals surface area contributed by atoms with Gasteiger partial charge in [0.15, 0.2) is 6.61 Å². The van der Waals surface area contributed by atoms with E-state index in [-0.39, 0.29) is 12.5 Å². The number of ether oxygens (including phenoxy) is 1. The number of nitrogens with two attached hydrogens (primary N) is 1. The van der Waals surface area contributed by atoms with Crippen LogP contribution in [0.3, 0.4) is 0 Å². The van der Waals surface area contributed by atoms with Crippen molar-refractivity contribution in [3.8, 4) is 5.75 Å². The van der Waals surface area contributed by atoms with Crippen molar-refractivity contribution < 1.29 is 9.53 Å². The molecule has 0 fully saturated rings. The van der Waals surface area contributed by atoms with Gasteiger partial charge in [0, 0.05) is 30.9 Å². The van der Waals surface area contributed by atoms with Crippen LogP contribution in [0.25, 0.3) is 0 Å². The molecule has 0 atom stereocenters. The molecule has 0 aliphatic carbocycles. The van der Waals surface area contributed by atoms with Gasteiger partial charge >= 0.3 is 0 Å². The predicted molar refractivity (Wildman–Crippen MR) is 80.3 cm³/mol. The number of anilines is 3. The fourth-order valence-corrected chi connectivity index (χ4v) is 2.20. The Bertz CT molecular complexity index is 708. The fraction of sp³-hybridized carbons (Fsp3) is 0.286. The Morgan fingerprint density at radius 2 is 2.33 bits per heavy atom. The topological polar surface area (TPSA) is 94.2 Å². The molecule has 0 bridgehead atoms. The Labute approximate surface area is 122 Å². The van der Waals surface area contributed by atoms with E-state index in [1.54, 1.807) is 12.1 Å². The van der Waals surface area contributed by atoms with Gasteiger partial charge in [-0.05, 0) is 13.0 Å². The van der Waals surface area contributed by atoms with Crippen LogP contribution in [0.5, 0.6) is 5.75 Å². The normalized spacial score (nSPS) is 13.3. The predicted octanol–water partition coefficient (Wildman–Crippen LogP) is 1.25. The average Bonchev–Trinajstić information content (AvgIpc) is 2.77. The maximum absolute atomic E-state index is 11.3. The Hall–Kier alpha value is -2.70. The van der Waals surface area contributed by atoms with Gasteiger partial charge < -0.3 is 21.1 Å². The van der Waals surface area contributed by atoms with Gasteiger partial charge in [-0.25, -0.2) is 0 Å². The van der Waals surface area contributed by atoms with E-state index in [2.05, 4.69) is 15.7 Å². The molecule has 1 aliphatic rings. The average molecular weight is 287 g/mol. The van der Waals surface area contributed by atoms with E-state index in [1.165, 1.54) is 0 Å². The first-order valence-electron chi connectivity index (χ1n) is 6.62. The third-order valence-electron chi connectivity index (χ3n) is 3.59. The summed E-state index contributed by atoms with van der Waals surface area (Å²) in [5, 5.41) is 10.2. The minimum atomic E-state index is -0.165. The number of hydrogen-bond donors (Lipinski definition) is 3. The highest BCUT2D eigenvalue weighted by Crippen LogP contribution is 2.35. The van der Waals surface area contributed by atoms with Crippen molar-refractivity contribution >= 4 is 23.0 Å². The lowest BCUT2D eigenvalue weighted by atomic mass is 10.2. The molecule has 0 radical (unpaired) electrons. The number of nitrogens with zero attached hydrogens (tertiary/aromatic N) is 2. The molecule has 1 aromatic heterocycles. The van der Waals surface area contributed by atoms with Gasteiger partial charge in [-0.2, -0.15) is 5.10 Å². The molecule has 0 unspecified atom stereocenters. The quantitative estimate of drug-likeness (QED) is 0.739. The molecule has 7 nitrogen and oxygen atoms in total. The SMILES string of the molecule is Cc1c(CNc2cc3c(cc2N)OCC(=O)N3)cnn1C. The van der Waals surface area contributed by atoms with Crippen LogP contribution >= 0.6 is 0 Å². The van der Waals surface area contributed by atoms with E-state index in [1.807, 2.05) is 24.9 Å². The van der Waals surface area contributed by atoms with Crippen LogP contribution < -0.4 is 21.1 Å². The maximum atomic E-state index is 11.3. The van der Waals surface area contributed by atoms with Gasteiger partial charge in [0.05, 0.1) is 23.3 Å². The number of hydrogen-bond acceptors (Lipinski definition) is 5. The van der Waals surface area contributed by atoms with E-state index in [0.29, 0.717) is 23.7 Å². The van der Waals surface area contributed by atoms with Gasteiger partial charge in [-0.15, -0.1) is 0 Å². The van der Waals surface area contributed by atoms with E-state index < -0.39 is 0 Å². The molecule has 0 spiro atoms. The zero-order chi connectivity index (χ0) is 15.0. The van der Waals surface area contributed by atoms with E-state index in [0.717, 1.165) is 16.9 Å². The molecule has 21 heavy (non-hydrogen) atoms. The number of carbonyl (C=O) groups excluding carboxylic acids is 1. The second kappa shape index (κ2) is 5.01. The van der Waals surface area contributed by atoms with Crippen molar-refractivity contribution in [2.24, 2.45) is 7.05 Å². The third-order valence-corrected chi connectivity index (χ3v) is 3.59. The summed E-state index contributed by atoms with van der Waals surface area (Å²) in [7, 11) is 1.90. The number of fused-ring (bicyclic) bond motifs is 1. The van der Waals surface area contributed by atoms with Crippen molar-refractivity contribution in [1.29, 1.82) is 0 Å². The molecule has 2 aromatic rings.